The Morgan fingerprint density at radius 1 is 0.557 bits per heavy atom. The van der Waals surface area contributed by atoms with Crippen molar-refractivity contribution in [2.75, 3.05) is 0 Å². The molecule has 9 rings (SSSR count). The van der Waals surface area contributed by atoms with Gasteiger partial charge in [0.05, 0.1) is 6.04 Å². The maximum atomic E-state index is 4.22. The van der Waals surface area contributed by atoms with Gasteiger partial charge in [0.15, 0.2) is 0 Å². The first-order valence-corrected chi connectivity index (χ1v) is 21.8. The van der Waals surface area contributed by atoms with E-state index >= 15 is 0 Å². The van der Waals surface area contributed by atoms with E-state index in [2.05, 4.69) is 221 Å². The van der Waals surface area contributed by atoms with Gasteiger partial charge in [-0.25, -0.2) is 0 Å². The Bertz CT molecular complexity index is 3030. The molecule has 8 aromatic rings. The molecule has 0 spiro atoms. The van der Waals surface area contributed by atoms with Gasteiger partial charge in [-0.1, -0.05) is 152 Å². The molecule has 1 saturated carbocycles. The Hall–Kier alpha value is -6.96. The van der Waals surface area contributed by atoms with E-state index in [1.165, 1.54) is 113 Å². The first-order chi connectivity index (χ1) is 30.0. The fraction of sp³-hybridized carbons (Fsp3) is 0.133. The lowest BCUT2D eigenvalue weighted by Gasteiger charge is -2.16. The number of para-hydroxylation sites is 1. The van der Waals surface area contributed by atoms with Gasteiger partial charge in [-0.3, -0.25) is 0 Å². The zero-order chi connectivity index (χ0) is 41.9. The minimum Gasteiger partial charge on any atom is -0.333 e. The molecule has 0 aliphatic heterocycles. The Balaban J connectivity index is 1.02. The van der Waals surface area contributed by atoms with Crippen molar-refractivity contribution in [2.24, 2.45) is 0 Å². The standard InChI is InChI=1S/C60H53N/c1-6-16-41(5)54(9-4)57-39-51(31-33-55(57)42-29-30-42)49-25-14-23-47(37-49)45-21-12-19-43(35-45)44-20-13-22-46(36-44)48-24-15-26-50(38-48)52-32-34-60-58(40-52)56-27-10-11-28-59(56)61(60)53(17-7-2)18-8-3/h6-16,18-28,31-40,42,53H,2,4,17,29-30H2,1,3,5H3/b16-6-,18-8-,54-41+. The summed E-state index contributed by atoms with van der Waals surface area (Å²) in [6.45, 7) is 14.6. The number of allylic oxidation sites excluding steroid dienone is 8. The Morgan fingerprint density at radius 3 is 1.54 bits per heavy atom. The smallest absolute Gasteiger partial charge is 0.0556 e. The molecule has 7 aromatic carbocycles. The molecule has 0 radical (unpaired) electrons. The first-order valence-electron chi connectivity index (χ1n) is 21.8. The number of fused-ring (bicyclic) bond motifs is 3. The maximum Gasteiger partial charge on any atom is 0.0556 e. The normalized spacial score (nSPS) is 13.9. The summed E-state index contributed by atoms with van der Waals surface area (Å²) in [7, 11) is 0. The van der Waals surface area contributed by atoms with Gasteiger partial charge in [-0.2, -0.15) is 0 Å². The fourth-order valence-electron chi connectivity index (χ4n) is 9.26. The fourth-order valence-corrected chi connectivity index (χ4v) is 9.26. The molecule has 1 aliphatic carbocycles. The number of aromatic nitrogens is 1. The Morgan fingerprint density at radius 2 is 1.05 bits per heavy atom. The summed E-state index contributed by atoms with van der Waals surface area (Å²) in [5.74, 6) is 0.647. The summed E-state index contributed by atoms with van der Waals surface area (Å²) in [5.41, 5.74) is 19.8. The Kier molecular flexibility index (Phi) is 11.2. The third-order valence-corrected chi connectivity index (χ3v) is 12.4. The van der Waals surface area contributed by atoms with Crippen LogP contribution in [0.1, 0.15) is 63.1 Å². The minimum absolute atomic E-state index is 0.215. The lowest BCUT2D eigenvalue weighted by molar-refractivity contribution is 0.653. The molecular weight excluding hydrogens is 735 g/mol. The van der Waals surface area contributed by atoms with Crippen molar-refractivity contribution >= 4 is 27.4 Å². The molecule has 1 heteroatoms. The van der Waals surface area contributed by atoms with E-state index in [1.807, 2.05) is 12.2 Å². The summed E-state index contributed by atoms with van der Waals surface area (Å²) in [4.78, 5) is 0. The highest BCUT2D eigenvalue weighted by Crippen LogP contribution is 2.45. The van der Waals surface area contributed by atoms with Crippen LogP contribution in [0.4, 0.5) is 0 Å². The van der Waals surface area contributed by atoms with Gasteiger partial charge in [0.1, 0.15) is 0 Å². The van der Waals surface area contributed by atoms with Crippen LogP contribution >= 0.6 is 0 Å². The second-order valence-electron chi connectivity index (χ2n) is 16.4. The molecule has 1 heterocycles. The van der Waals surface area contributed by atoms with Crippen LogP contribution in [0.25, 0.3) is 83.0 Å². The molecule has 1 fully saturated rings. The molecule has 298 valence electrons. The van der Waals surface area contributed by atoms with Crippen molar-refractivity contribution in [1.82, 2.24) is 4.57 Å². The predicted molar refractivity (Wildman–Crippen MR) is 265 cm³/mol. The van der Waals surface area contributed by atoms with Crippen molar-refractivity contribution in [3.63, 3.8) is 0 Å². The van der Waals surface area contributed by atoms with Gasteiger partial charge in [-0.15, -0.1) is 6.58 Å². The maximum absolute atomic E-state index is 4.22. The van der Waals surface area contributed by atoms with E-state index in [0.29, 0.717) is 5.92 Å². The van der Waals surface area contributed by atoms with Crippen molar-refractivity contribution in [1.29, 1.82) is 0 Å². The van der Waals surface area contributed by atoms with Gasteiger partial charge in [-0.05, 0) is 172 Å². The van der Waals surface area contributed by atoms with Gasteiger partial charge in [0.2, 0.25) is 0 Å². The average molecular weight is 788 g/mol. The molecule has 1 nitrogen and oxygen atoms in total. The SMILES string of the molecule is C=CCC(/C=C\C)n1c2ccccc2c2cc(-c3cccc(-c4cccc(-c5cccc(-c6cccc(-c7ccc(C8CC8)c(/C(C=C)=C(C)/C=C\C)c7)c6)c5)c4)c3)ccc21. The number of benzene rings is 7. The second-order valence-corrected chi connectivity index (χ2v) is 16.4. The number of nitrogens with zero attached hydrogens (tertiary/aromatic N) is 1. The van der Waals surface area contributed by atoms with Crippen LogP contribution in [0.3, 0.4) is 0 Å². The summed E-state index contributed by atoms with van der Waals surface area (Å²) < 4.78 is 2.47. The third-order valence-electron chi connectivity index (χ3n) is 12.4. The zero-order valence-electron chi connectivity index (χ0n) is 35.6. The van der Waals surface area contributed by atoms with Crippen LogP contribution in [0, 0.1) is 0 Å². The first kappa shape index (κ1) is 39.5. The highest BCUT2D eigenvalue weighted by Gasteiger charge is 2.27. The van der Waals surface area contributed by atoms with Crippen molar-refractivity contribution in [3.05, 3.63) is 224 Å². The van der Waals surface area contributed by atoms with E-state index in [-0.39, 0.29) is 6.04 Å². The molecule has 0 bridgehead atoms. The molecule has 0 N–H and O–H groups in total. The van der Waals surface area contributed by atoms with Crippen LogP contribution in [0.2, 0.25) is 0 Å². The van der Waals surface area contributed by atoms with Crippen molar-refractivity contribution < 1.29 is 0 Å². The van der Waals surface area contributed by atoms with Gasteiger partial charge in [0.25, 0.3) is 0 Å². The van der Waals surface area contributed by atoms with E-state index in [4.69, 9.17) is 0 Å². The molecule has 0 saturated heterocycles. The lowest BCUT2D eigenvalue weighted by Crippen LogP contribution is -2.05. The molecular formula is C60H53N. The second kappa shape index (κ2) is 17.3. The highest BCUT2D eigenvalue weighted by atomic mass is 15.0. The monoisotopic (exact) mass is 787 g/mol. The number of hydrogen-bond acceptors (Lipinski definition) is 0. The Labute approximate surface area is 362 Å². The van der Waals surface area contributed by atoms with Gasteiger partial charge < -0.3 is 4.57 Å². The van der Waals surface area contributed by atoms with E-state index in [1.54, 1.807) is 0 Å². The van der Waals surface area contributed by atoms with E-state index in [9.17, 15) is 0 Å². The van der Waals surface area contributed by atoms with Crippen LogP contribution in [0.5, 0.6) is 0 Å². The largest absolute Gasteiger partial charge is 0.333 e. The van der Waals surface area contributed by atoms with E-state index < -0.39 is 0 Å². The number of rotatable bonds is 13. The third kappa shape index (κ3) is 7.93. The van der Waals surface area contributed by atoms with E-state index in [0.717, 1.165) is 6.42 Å². The molecule has 1 atom stereocenters. The predicted octanol–water partition coefficient (Wildman–Crippen LogP) is 17.2. The minimum atomic E-state index is 0.215. The topological polar surface area (TPSA) is 4.93 Å². The quantitative estimate of drug-likeness (QED) is 0.0810. The van der Waals surface area contributed by atoms with Crippen LogP contribution in [-0.2, 0) is 0 Å². The van der Waals surface area contributed by atoms with Crippen LogP contribution in [-0.4, -0.2) is 4.57 Å². The molecule has 0 amide bonds. The van der Waals surface area contributed by atoms with Gasteiger partial charge in [0, 0.05) is 21.8 Å². The zero-order valence-corrected chi connectivity index (χ0v) is 35.6. The molecule has 61 heavy (non-hydrogen) atoms. The summed E-state index contributed by atoms with van der Waals surface area (Å²) >= 11 is 0. The van der Waals surface area contributed by atoms with Crippen molar-refractivity contribution in [3.8, 4) is 55.6 Å². The molecule has 1 aliphatic rings. The van der Waals surface area contributed by atoms with Crippen LogP contribution < -0.4 is 0 Å². The molecule has 1 aromatic heterocycles. The number of hydrogen-bond donors (Lipinski definition) is 0. The van der Waals surface area contributed by atoms with Crippen molar-refractivity contribution in [2.45, 2.75) is 52.0 Å². The highest BCUT2D eigenvalue weighted by molar-refractivity contribution is 6.09. The average Bonchev–Trinajstić information content (AvgIpc) is 4.11. The summed E-state index contributed by atoms with van der Waals surface area (Å²) in [5, 5.41) is 2.55. The lowest BCUT2D eigenvalue weighted by atomic mass is 9.89. The summed E-state index contributed by atoms with van der Waals surface area (Å²) in [6, 6.07) is 58.9. The van der Waals surface area contributed by atoms with Gasteiger partial charge >= 0.3 is 0 Å². The van der Waals surface area contributed by atoms with Crippen LogP contribution in [0.15, 0.2) is 213 Å². The summed E-state index contributed by atoms with van der Waals surface area (Å²) in [6.07, 6.45) is 16.2. The molecule has 1 unspecified atom stereocenters.